The van der Waals surface area contributed by atoms with Gasteiger partial charge in [0.25, 0.3) is 0 Å². The lowest BCUT2D eigenvalue weighted by Gasteiger charge is -2.20. The number of amidine groups is 1. The minimum absolute atomic E-state index is 0.134. The normalized spacial score (nSPS) is 11.6. The molecule has 0 radical (unpaired) electrons. The molecule has 0 spiro atoms. The van der Waals surface area contributed by atoms with E-state index >= 15 is 0 Å². The fraction of sp³-hybridized carbons (Fsp3) is 0.500. The number of anilines is 1. The van der Waals surface area contributed by atoms with E-state index in [-0.39, 0.29) is 12.4 Å². The first-order valence-electron chi connectivity index (χ1n) is 6.50. The Hall–Kier alpha value is -1.75. The van der Waals surface area contributed by atoms with Crippen molar-refractivity contribution in [1.82, 2.24) is 0 Å². The molecule has 1 aromatic carbocycles. The van der Waals surface area contributed by atoms with Gasteiger partial charge in [0.2, 0.25) is 0 Å². The van der Waals surface area contributed by atoms with Gasteiger partial charge >= 0.3 is 0 Å². The molecule has 0 unspecified atom stereocenters. The van der Waals surface area contributed by atoms with Crippen molar-refractivity contribution in [2.45, 2.75) is 26.2 Å². The van der Waals surface area contributed by atoms with Crippen molar-refractivity contribution in [3.63, 3.8) is 0 Å². The molecule has 0 bridgehead atoms. The van der Waals surface area contributed by atoms with Crippen LogP contribution in [0.4, 0.5) is 5.69 Å². The maximum absolute atomic E-state index is 8.73. The fourth-order valence-corrected chi connectivity index (χ4v) is 1.99. The standard InChI is InChI=1S/C14H23N3O2/c1-11-10-12(6-7-13(11)14(15)16-19)17(2)8-4-3-5-9-18/h6-7,10,18-19H,3-5,8-9H2,1-2H3,(H2,15,16). The minimum Gasteiger partial charge on any atom is -0.409 e. The Morgan fingerprint density at radius 2 is 2.05 bits per heavy atom. The molecule has 19 heavy (non-hydrogen) atoms. The summed E-state index contributed by atoms with van der Waals surface area (Å²) < 4.78 is 0. The molecule has 0 saturated carbocycles. The number of unbranched alkanes of at least 4 members (excludes halogenated alkanes) is 2. The topological polar surface area (TPSA) is 82.1 Å². The maximum atomic E-state index is 8.73. The molecule has 0 aromatic heterocycles. The lowest BCUT2D eigenvalue weighted by atomic mass is 10.1. The summed E-state index contributed by atoms with van der Waals surface area (Å²) in [6, 6.07) is 5.86. The molecule has 5 heteroatoms. The van der Waals surface area contributed by atoms with E-state index in [1.807, 2.05) is 32.2 Å². The highest BCUT2D eigenvalue weighted by Crippen LogP contribution is 2.18. The van der Waals surface area contributed by atoms with Crippen LogP contribution in [0, 0.1) is 6.92 Å². The molecule has 0 aliphatic rings. The van der Waals surface area contributed by atoms with Crippen molar-refractivity contribution < 1.29 is 10.3 Å². The molecule has 4 N–H and O–H groups in total. The Morgan fingerprint density at radius 3 is 2.63 bits per heavy atom. The van der Waals surface area contributed by atoms with Crippen LogP contribution >= 0.6 is 0 Å². The van der Waals surface area contributed by atoms with Crippen LogP contribution in [0.5, 0.6) is 0 Å². The molecule has 0 heterocycles. The van der Waals surface area contributed by atoms with Crippen molar-refractivity contribution in [3.8, 4) is 0 Å². The third-order valence-corrected chi connectivity index (χ3v) is 3.19. The van der Waals surface area contributed by atoms with Crippen LogP contribution in [0.2, 0.25) is 0 Å². The van der Waals surface area contributed by atoms with E-state index in [2.05, 4.69) is 10.1 Å². The first kappa shape index (κ1) is 15.3. The molecule has 0 aliphatic carbocycles. The van der Waals surface area contributed by atoms with E-state index in [1.54, 1.807) is 0 Å². The van der Waals surface area contributed by atoms with Gasteiger partial charge in [0.15, 0.2) is 5.84 Å². The smallest absolute Gasteiger partial charge is 0.170 e. The third-order valence-electron chi connectivity index (χ3n) is 3.19. The Kier molecular flexibility index (Phi) is 6.15. The average Bonchev–Trinajstić information content (AvgIpc) is 2.42. The number of nitrogens with zero attached hydrogens (tertiary/aromatic N) is 2. The molecular weight excluding hydrogens is 242 g/mol. The highest BCUT2D eigenvalue weighted by Gasteiger charge is 2.07. The Bertz CT molecular complexity index is 433. The van der Waals surface area contributed by atoms with Crippen LogP contribution in [0.1, 0.15) is 30.4 Å². The van der Waals surface area contributed by atoms with Crippen molar-refractivity contribution in [1.29, 1.82) is 0 Å². The second-order valence-electron chi connectivity index (χ2n) is 4.69. The van der Waals surface area contributed by atoms with Gasteiger partial charge in [0, 0.05) is 31.5 Å². The predicted octanol–water partition coefficient (Wildman–Crippen LogP) is 1.69. The quantitative estimate of drug-likeness (QED) is 0.230. The maximum Gasteiger partial charge on any atom is 0.170 e. The Labute approximate surface area is 114 Å². The van der Waals surface area contributed by atoms with Crippen LogP contribution in [-0.4, -0.2) is 36.3 Å². The number of hydrogen-bond donors (Lipinski definition) is 3. The summed E-state index contributed by atoms with van der Waals surface area (Å²) in [6.07, 6.45) is 2.94. The second kappa shape index (κ2) is 7.63. The third kappa shape index (κ3) is 4.44. The summed E-state index contributed by atoms with van der Waals surface area (Å²) in [6.45, 7) is 3.15. The zero-order valence-electron chi connectivity index (χ0n) is 11.6. The molecule has 1 rings (SSSR count). The number of hydrogen-bond acceptors (Lipinski definition) is 4. The van der Waals surface area contributed by atoms with E-state index < -0.39 is 0 Å². The van der Waals surface area contributed by atoms with E-state index in [0.29, 0.717) is 0 Å². The van der Waals surface area contributed by atoms with E-state index in [1.165, 1.54) is 0 Å². The summed E-state index contributed by atoms with van der Waals surface area (Å²) in [4.78, 5) is 2.17. The summed E-state index contributed by atoms with van der Waals surface area (Å²) >= 11 is 0. The van der Waals surface area contributed by atoms with Gasteiger partial charge in [-0.1, -0.05) is 5.16 Å². The Balaban J connectivity index is 2.67. The monoisotopic (exact) mass is 265 g/mol. The van der Waals surface area contributed by atoms with E-state index in [9.17, 15) is 0 Å². The molecule has 0 aliphatic heterocycles. The second-order valence-corrected chi connectivity index (χ2v) is 4.69. The molecule has 0 amide bonds. The largest absolute Gasteiger partial charge is 0.409 e. The van der Waals surface area contributed by atoms with Crippen LogP contribution in [0.15, 0.2) is 23.4 Å². The van der Waals surface area contributed by atoms with Crippen LogP contribution in [-0.2, 0) is 0 Å². The van der Waals surface area contributed by atoms with Crippen LogP contribution < -0.4 is 10.6 Å². The molecule has 5 nitrogen and oxygen atoms in total. The van der Waals surface area contributed by atoms with Gasteiger partial charge in [-0.2, -0.15) is 0 Å². The zero-order valence-corrected chi connectivity index (χ0v) is 11.6. The lowest BCUT2D eigenvalue weighted by molar-refractivity contribution is 0.283. The predicted molar refractivity (Wildman–Crippen MR) is 77.9 cm³/mol. The van der Waals surface area contributed by atoms with Gasteiger partial charge in [-0.3, -0.25) is 0 Å². The molecule has 106 valence electrons. The van der Waals surface area contributed by atoms with Crippen molar-refractivity contribution in [3.05, 3.63) is 29.3 Å². The first-order valence-corrected chi connectivity index (χ1v) is 6.50. The molecule has 1 aromatic rings. The fourth-order valence-electron chi connectivity index (χ4n) is 1.99. The minimum atomic E-state index is 0.134. The molecule has 0 atom stereocenters. The van der Waals surface area contributed by atoms with E-state index in [0.717, 1.165) is 42.6 Å². The lowest BCUT2D eigenvalue weighted by Crippen LogP contribution is -2.20. The van der Waals surface area contributed by atoms with Crippen LogP contribution in [0.25, 0.3) is 0 Å². The number of oxime groups is 1. The van der Waals surface area contributed by atoms with Gasteiger partial charge in [-0.05, 0) is 49.9 Å². The summed E-state index contributed by atoms with van der Waals surface area (Å²) in [5, 5.41) is 20.4. The average molecular weight is 265 g/mol. The zero-order chi connectivity index (χ0) is 14.3. The van der Waals surface area contributed by atoms with Crippen molar-refractivity contribution in [2.75, 3.05) is 25.1 Å². The van der Waals surface area contributed by atoms with Crippen molar-refractivity contribution in [2.24, 2.45) is 10.9 Å². The molecule has 0 saturated heterocycles. The number of nitrogens with two attached hydrogens (primary N) is 1. The number of rotatable bonds is 7. The van der Waals surface area contributed by atoms with Gasteiger partial charge in [-0.15, -0.1) is 0 Å². The summed E-state index contributed by atoms with van der Waals surface area (Å²) in [5.74, 6) is 0.134. The number of aliphatic hydroxyl groups excluding tert-OH is 1. The highest BCUT2D eigenvalue weighted by atomic mass is 16.4. The highest BCUT2D eigenvalue weighted by molar-refractivity contribution is 5.98. The summed E-state index contributed by atoms with van der Waals surface area (Å²) in [7, 11) is 2.04. The molecule has 0 fully saturated rings. The number of aryl methyl sites for hydroxylation is 1. The van der Waals surface area contributed by atoms with Gasteiger partial charge in [0.1, 0.15) is 0 Å². The van der Waals surface area contributed by atoms with Crippen molar-refractivity contribution >= 4 is 11.5 Å². The SMILES string of the molecule is Cc1cc(N(C)CCCCCO)ccc1/C(N)=N/O. The number of aliphatic hydroxyl groups is 1. The van der Waals surface area contributed by atoms with Crippen LogP contribution in [0.3, 0.4) is 0 Å². The van der Waals surface area contributed by atoms with Gasteiger partial charge in [0.05, 0.1) is 0 Å². The van der Waals surface area contributed by atoms with Gasteiger partial charge < -0.3 is 20.9 Å². The molecular formula is C14H23N3O2. The van der Waals surface area contributed by atoms with E-state index in [4.69, 9.17) is 16.0 Å². The summed E-state index contributed by atoms with van der Waals surface area (Å²) in [5.41, 5.74) is 8.44. The number of benzene rings is 1. The first-order chi connectivity index (χ1) is 9.10. The van der Waals surface area contributed by atoms with Gasteiger partial charge in [-0.25, -0.2) is 0 Å². The Morgan fingerprint density at radius 1 is 1.32 bits per heavy atom.